The van der Waals surface area contributed by atoms with Gasteiger partial charge in [0.25, 0.3) is 0 Å². The number of phenols is 5. The van der Waals surface area contributed by atoms with E-state index in [1.54, 1.807) is 0 Å². The van der Waals surface area contributed by atoms with Crippen LogP contribution in [0, 0.1) is 0 Å². The molecule has 1 aromatic heterocycles. The van der Waals surface area contributed by atoms with Gasteiger partial charge in [0.2, 0.25) is 12.0 Å². The van der Waals surface area contributed by atoms with Crippen molar-refractivity contribution in [1.82, 2.24) is 0 Å². The Balaban J connectivity index is 1.86. The molecule has 4 rings (SSSR count). The number of benzene rings is 2. The second-order valence-electron chi connectivity index (χ2n) is 7.49. The number of aromatic hydroxyl groups is 5. The first kappa shape index (κ1) is 22.6. The van der Waals surface area contributed by atoms with E-state index in [1.165, 1.54) is 12.1 Å². The predicted octanol–water partition coefficient (Wildman–Crippen LogP) is 0.0876. The van der Waals surface area contributed by atoms with Crippen LogP contribution in [0.25, 0.3) is 22.3 Å². The second-order valence-corrected chi connectivity index (χ2v) is 7.49. The second kappa shape index (κ2) is 8.42. The predicted molar refractivity (Wildman–Crippen MR) is 109 cm³/mol. The third-order valence-corrected chi connectivity index (χ3v) is 5.24. The summed E-state index contributed by atoms with van der Waals surface area (Å²) < 4.78 is 16.7. The highest BCUT2D eigenvalue weighted by atomic mass is 16.7. The number of rotatable bonds is 4. The van der Waals surface area contributed by atoms with Crippen LogP contribution in [0.4, 0.5) is 0 Å². The van der Waals surface area contributed by atoms with Gasteiger partial charge >= 0.3 is 11.3 Å². The Hall–Kier alpha value is -3.55. The molecule has 0 unspecified atom stereocenters. The molecule has 9 N–H and O–H groups in total. The zero-order chi connectivity index (χ0) is 24.0. The van der Waals surface area contributed by atoms with Crippen molar-refractivity contribution in [3.05, 3.63) is 30.3 Å². The van der Waals surface area contributed by atoms with Crippen LogP contribution in [0.15, 0.2) is 34.7 Å². The van der Waals surface area contributed by atoms with Crippen molar-refractivity contribution in [1.29, 1.82) is 0 Å². The molecular weight excluding hydrogens is 444 g/mol. The van der Waals surface area contributed by atoms with E-state index in [9.17, 15) is 46.0 Å². The molecule has 33 heavy (non-hydrogen) atoms. The summed E-state index contributed by atoms with van der Waals surface area (Å²) in [4.78, 5) is 0. The molecule has 0 spiro atoms. The molecule has 2 heterocycles. The van der Waals surface area contributed by atoms with Crippen molar-refractivity contribution in [3.63, 3.8) is 0 Å². The van der Waals surface area contributed by atoms with Crippen LogP contribution in [0.1, 0.15) is 0 Å². The lowest BCUT2D eigenvalue weighted by molar-refractivity contribution is -0.277. The fourth-order valence-electron chi connectivity index (χ4n) is 3.50. The van der Waals surface area contributed by atoms with E-state index in [0.29, 0.717) is 0 Å². The summed E-state index contributed by atoms with van der Waals surface area (Å²) in [6.45, 7) is -0.695. The monoisotopic (exact) mass is 465 g/mol. The van der Waals surface area contributed by atoms with Crippen LogP contribution in [-0.2, 0) is 4.74 Å². The summed E-state index contributed by atoms with van der Waals surface area (Å²) in [6, 6.07) is 5.51. The summed E-state index contributed by atoms with van der Waals surface area (Å²) in [5.74, 6) is -3.32. The molecule has 1 aliphatic rings. The molecule has 0 aliphatic carbocycles. The van der Waals surface area contributed by atoms with E-state index in [0.717, 1.165) is 18.2 Å². The third-order valence-electron chi connectivity index (χ3n) is 5.24. The summed E-state index contributed by atoms with van der Waals surface area (Å²) >= 11 is 0. The average Bonchev–Trinajstić information content (AvgIpc) is 2.77. The van der Waals surface area contributed by atoms with Gasteiger partial charge in [-0.2, -0.15) is 0 Å². The van der Waals surface area contributed by atoms with E-state index >= 15 is 0 Å². The van der Waals surface area contributed by atoms with Gasteiger partial charge in [0.05, 0.1) is 18.2 Å². The SMILES string of the molecule is OC[C@H]1O[C@@H](Oc2cc3c(O)cc(O)cc3[o+]c2-c2cc(O)c(O)c(O)c2)[C@@H](O)[C@H](O)[C@@H]1O. The van der Waals surface area contributed by atoms with Crippen LogP contribution in [-0.4, -0.2) is 83.3 Å². The molecule has 0 saturated carbocycles. The number of fused-ring (bicyclic) bond motifs is 1. The molecule has 2 aromatic carbocycles. The maximum Gasteiger partial charge on any atom is 0.402 e. The van der Waals surface area contributed by atoms with Crippen molar-refractivity contribution < 1.29 is 59.8 Å². The lowest BCUT2D eigenvalue weighted by atomic mass is 9.99. The third kappa shape index (κ3) is 4.01. The normalized spacial score (nSPS) is 25.3. The smallest absolute Gasteiger partial charge is 0.402 e. The maximum atomic E-state index is 10.3. The van der Waals surface area contributed by atoms with E-state index in [4.69, 9.17) is 13.9 Å². The first-order chi connectivity index (χ1) is 15.6. The van der Waals surface area contributed by atoms with Crippen LogP contribution in [0.3, 0.4) is 0 Å². The quantitative estimate of drug-likeness (QED) is 0.185. The zero-order valence-corrected chi connectivity index (χ0v) is 16.7. The van der Waals surface area contributed by atoms with Gasteiger partial charge in [-0.25, -0.2) is 4.42 Å². The first-order valence-corrected chi connectivity index (χ1v) is 9.66. The van der Waals surface area contributed by atoms with Crippen LogP contribution < -0.4 is 4.74 Å². The van der Waals surface area contributed by atoms with Gasteiger partial charge in [-0.3, -0.25) is 0 Å². The van der Waals surface area contributed by atoms with E-state index in [2.05, 4.69) is 0 Å². The van der Waals surface area contributed by atoms with Gasteiger partial charge in [-0.1, -0.05) is 0 Å². The van der Waals surface area contributed by atoms with Crippen molar-refractivity contribution in [2.45, 2.75) is 30.7 Å². The lowest BCUT2D eigenvalue weighted by Gasteiger charge is -2.39. The largest absolute Gasteiger partial charge is 0.507 e. The highest BCUT2D eigenvalue weighted by Crippen LogP contribution is 2.44. The fraction of sp³-hybridized carbons (Fsp3) is 0.286. The maximum absolute atomic E-state index is 10.3. The minimum absolute atomic E-state index is 0.0212. The molecule has 1 saturated heterocycles. The Labute approximate surface area is 185 Å². The lowest BCUT2D eigenvalue weighted by Crippen LogP contribution is -2.60. The minimum atomic E-state index is -1.76. The van der Waals surface area contributed by atoms with Gasteiger partial charge in [0, 0.05) is 24.3 Å². The Kier molecular flexibility index (Phi) is 5.78. The number of phenolic OH excluding ortho intramolecular Hbond substituents is 5. The van der Waals surface area contributed by atoms with E-state index in [1.807, 2.05) is 0 Å². The number of hydrogen-bond acceptors (Lipinski definition) is 11. The molecule has 0 bridgehead atoms. The van der Waals surface area contributed by atoms with Crippen molar-refractivity contribution in [3.8, 4) is 45.8 Å². The molecule has 0 radical (unpaired) electrons. The molecule has 1 aliphatic heterocycles. The molecule has 1 fully saturated rings. The van der Waals surface area contributed by atoms with Crippen molar-refractivity contribution >= 4 is 11.0 Å². The Morgan fingerprint density at radius 2 is 1.48 bits per heavy atom. The summed E-state index contributed by atoms with van der Waals surface area (Å²) in [7, 11) is 0. The van der Waals surface area contributed by atoms with E-state index in [-0.39, 0.29) is 33.8 Å². The molecule has 5 atom stereocenters. The Morgan fingerprint density at radius 1 is 0.818 bits per heavy atom. The number of hydrogen-bond donors (Lipinski definition) is 9. The Morgan fingerprint density at radius 3 is 2.12 bits per heavy atom. The fourth-order valence-corrected chi connectivity index (χ4v) is 3.50. The molecule has 0 amide bonds. The van der Waals surface area contributed by atoms with Crippen LogP contribution >= 0.6 is 0 Å². The van der Waals surface area contributed by atoms with Crippen molar-refractivity contribution in [2.24, 2.45) is 0 Å². The average molecular weight is 465 g/mol. The van der Waals surface area contributed by atoms with Crippen LogP contribution in [0.2, 0.25) is 0 Å². The molecule has 12 heteroatoms. The standard InChI is InChI=1S/C21H20O12/c22-6-15-17(28)18(29)19(30)21(33-15)32-14-5-9-10(24)3-8(23)4-13(9)31-20(14)7-1-11(25)16(27)12(26)2-7/h1-5,15,17-19,21-22,28-30H,6H2,(H4-,23,24,25,26,27)/p+1/t15-,17-,18-,19+,21-/m1/s1. The first-order valence-electron chi connectivity index (χ1n) is 9.66. The van der Waals surface area contributed by atoms with E-state index < -0.39 is 60.3 Å². The number of aliphatic hydroxyl groups excluding tert-OH is 4. The number of ether oxygens (including phenoxy) is 2. The van der Waals surface area contributed by atoms with Gasteiger partial charge in [0.1, 0.15) is 41.3 Å². The van der Waals surface area contributed by atoms with Gasteiger partial charge in [0.15, 0.2) is 17.2 Å². The van der Waals surface area contributed by atoms with Gasteiger partial charge in [-0.15, -0.1) is 0 Å². The van der Waals surface area contributed by atoms with Crippen molar-refractivity contribution in [2.75, 3.05) is 6.61 Å². The summed E-state index contributed by atoms with van der Waals surface area (Å²) in [6.07, 6.45) is -7.99. The van der Waals surface area contributed by atoms with Gasteiger partial charge in [-0.05, 0) is 0 Å². The summed E-state index contributed by atoms with van der Waals surface area (Å²) in [5.41, 5.74) is -0.0529. The molecular formula is C21H21O12+. The molecule has 176 valence electrons. The van der Waals surface area contributed by atoms with Crippen LogP contribution in [0.5, 0.6) is 34.5 Å². The zero-order valence-electron chi connectivity index (χ0n) is 16.7. The minimum Gasteiger partial charge on any atom is -0.507 e. The highest BCUT2D eigenvalue weighted by molar-refractivity contribution is 5.88. The topological polar surface area (TPSA) is 212 Å². The molecule has 12 nitrogen and oxygen atoms in total. The molecule has 3 aromatic rings. The van der Waals surface area contributed by atoms with Gasteiger partial charge < -0.3 is 55.4 Å². The number of aliphatic hydroxyl groups is 4. The summed E-state index contributed by atoms with van der Waals surface area (Å²) in [5, 5.41) is 89.2. The highest BCUT2D eigenvalue weighted by Gasteiger charge is 2.45. The Bertz CT molecular complexity index is 1170.